The second-order valence-electron chi connectivity index (χ2n) is 4.77. The minimum absolute atomic E-state index is 0.143. The highest BCUT2D eigenvalue weighted by molar-refractivity contribution is 9.10. The van der Waals surface area contributed by atoms with Crippen LogP contribution in [0.25, 0.3) is 28.2 Å². The fourth-order valence-electron chi connectivity index (χ4n) is 2.35. The average Bonchev–Trinajstić information content (AvgIpc) is 3.12. The van der Waals surface area contributed by atoms with Crippen LogP contribution in [0.5, 0.6) is 5.75 Å². The molecule has 23 heavy (non-hydrogen) atoms. The van der Waals surface area contributed by atoms with Crippen molar-refractivity contribution in [2.24, 2.45) is 0 Å². The van der Waals surface area contributed by atoms with E-state index in [1.165, 1.54) is 0 Å². The number of benzene rings is 1. The van der Waals surface area contributed by atoms with E-state index in [-0.39, 0.29) is 11.6 Å². The van der Waals surface area contributed by atoms with Gasteiger partial charge in [-0.2, -0.15) is 0 Å². The van der Waals surface area contributed by atoms with Crippen molar-refractivity contribution < 1.29 is 9.74 Å². The summed E-state index contributed by atoms with van der Waals surface area (Å²) in [7, 11) is 0. The third kappa shape index (κ3) is 2.13. The summed E-state index contributed by atoms with van der Waals surface area (Å²) in [6, 6.07) is 6.70. The predicted molar refractivity (Wildman–Crippen MR) is 85.9 cm³/mol. The number of aromatic nitrogens is 5. The number of rotatable bonds is 2. The van der Waals surface area contributed by atoms with Crippen molar-refractivity contribution in [2.75, 3.05) is 5.73 Å². The van der Waals surface area contributed by atoms with Gasteiger partial charge in [-0.25, -0.2) is 9.61 Å². The summed E-state index contributed by atoms with van der Waals surface area (Å²) >= 11 is 3.49. The molecule has 0 radical (unpaired) electrons. The van der Waals surface area contributed by atoms with Gasteiger partial charge in [0.1, 0.15) is 11.3 Å². The molecule has 0 aliphatic heterocycles. The van der Waals surface area contributed by atoms with Crippen LogP contribution in [0, 0.1) is 0 Å². The van der Waals surface area contributed by atoms with Gasteiger partial charge in [-0.3, -0.25) is 9.55 Å². The monoisotopic (exact) mass is 372 g/mol. The molecule has 3 N–H and O–H groups in total. The van der Waals surface area contributed by atoms with Gasteiger partial charge in [0.05, 0.1) is 16.2 Å². The van der Waals surface area contributed by atoms with E-state index in [1.807, 2.05) is 4.57 Å². The van der Waals surface area contributed by atoms with E-state index in [0.717, 1.165) is 15.7 Å². The molecule has 0 atom stereocenters. The number of nitrogens with zero attached hydrogens (tertiary/aromatic N) is 5. The van der Waals surface area contributed by atoms with Crippen molar-refractivity contribution >= 4 is 32.8 Å². The van der Waals surface area contributed by atoms with Crippen LogP contribution >= 0.6 is 15.9 Å². The van der Waals surface area contributed by atoms with Gasteiger partial charge in [-0.1, -0.05) is 0 Å². The van der Waals surface area contributed by atoms with Gasteiger partial charge in [-0.05, 0) is 50.5 Å². The summed E-state index contributed by atoms with van der Waals surface area (Å²) in [5.74, 6) is 0.783. The number of hydrogen-bond acceptors (Lipinski definition) is 7. The molecule has 0 fully saturated rings. The molecule has 9 heteroatoms. The second kappa shape index (κ2) is 5.06. The lowest BCUT2D eigenvalue weighted by Gasteiger charge is -2.08. The summed E-state index contributed by atoms with van der Waals surface area (Å²) in [6.07, 6.45) is 3.32. The SMILES string of the molecule is Nc1nonc1-c1nc2cncc(Br)c2n1-c1ccc(O)cc1. The van der Waals surface area contributed by atoms with Crippen LogP contribution in [0.2, 0.25) is 0 Å². The Bertz CT molecular complexity index is 1010. The predicted octanol–water partition coefficient (Wildman–Crippen LogP) is 2.52. The van der Waals surface area contributed by atoms with E-state index < -0.39 is 0 Å². The molecule has 0 aliphatic rings. The van der Waals surface area contributed by atoms with E-state index in [2.05, 4.69) is 36.2 Å². The molecule has 0 aliphatic carbocycles. The summed E-state index contributed by atoms with van der Waals surface area (Å²) < 4.78 is 7.29. The number of imidazole rings is 1. The molecule has 4 aromatic rings. The zero-order chi connectivity index (χ0) is 16.0. The number of nitrogen functional groups attached to an aromatic ring is 1. The number of phenols is 1. The Morgan fingerprint density at radius 2 is 1.91 bits per heavy atom. The van der Waals surface area contributed by atoms with Gasteiger partial charge in [0, 0.05) is 11.9 Å². The number of phenolic OH excluding ortho intramolecular Hbond substituents is 1. The lowest BCUT2D eigenvalue weighted by molar-refractivity contribution is 0.310. The molecular weight excluding hydrogens is 364 g/mol. The fourth-order valence-corrected chi connectivity index (χ4v) is 2.85. The molecule has 0 saturated heterocycles. The van der Waals surface area contributed by atoms with E-state index in [9.17, 15) is 5.11 Å². The van der Waals surface area contributed by atoms with Gasteiger partial charge < -0.3 is 10.8 Å². The lowest BCUT2D eigenvalue weighted by atomic mass is 10.2. The van der Waals surface area contributed by atoms with Crippen molar-refractivity contribution in [1.82, 2.24) is 24.8 Å². The molecule has 3 heterocycles. The highest BCUT2D eigenvalue weighted by atomic mass is 79.9. The van der Waals surface area contributed by atoms with Crippen LogP contribution in [0.3, 0.4) is 0 Å². The lowest BCUT2D eigenvalue weighted by Crippen LogP contribution is -2.00. The quantitative estimate of drug-likeness (QED) is 0.555. The topological polar surface area (TPSA) is 116 Å². The average molecular weight is 373 g/mol. The molecule has 114 valence electrons. The molecule has 0 bridgehead atoms. The van der Waals surface area contributed by atoms with Crippen LogP contribution in [0.4, 0.5) is 5.82 Å². The zero-order valence-electron chi connectivity index (χ0n) is 11.5. The first-order valence-electron chi connectivity index (χ1n) is 6.55. The van der Waals surface area contributed by atoms with Crippen LogP contribution in [-0.4, -0.2) is 30.0 Å². The Morgan fingerprint density at radius 3 is 2.61 bits per heavy atom. The van der Waals surface area contributed by atoms with Gasteiger partial charge in [0.2, 0.25) is 0 Å². The molecule has 0 amide bonds. The highest BCUT2D eigenvalue weighted by Gasteiger charge is 2.21. The molecule has 4 rings (SSSR count). The number of anilines is 1. The number of pyridine rings is 1. The maximum absolute atomic E-state index is 9.52. The molecule has 0 unspecified atom stereocenters. The summed E-state index contributed by atoms with van der Waals surface area (Å²) in [4.78, 5) is 8.67. The van der Waals surface area contributed by atoms with Crippen molar-refractivity contribution in [3.05, 3.63) is 41.1 Å². The first kappa shape index (κ1) is 13.7. The molecule has 8 nitrogen and oxygen atoms in total. The molecule has 0 spiro atoms. The largest absolute Gasteiger partial charge is 0.508 e. The minimum atomic E-state index is 0.143. The number of aromatic hydroxyl groups is 1. The number of fused-ring (bicyclic) bond motifs is 1. The van der Waals surface area contributed by atoms with Crippen molar-refractivity contribution in [2.45, 2.75) is 0 Å². The van der Waals surface area contributed by atoms with Crippen molar-refractivity contribution in [1.29, 1.82) is 0 Å². The van der Waals surface area contributed by atoms with Gasteiger partial charge in [0.25, 0.3) is 0 Å². The highest BCUT2D eigenvalue weighted by Crippen LogP contribution is 2.33. The second-order valence-corrected chi connectivity index (χ2v) is 5.63. The third-order valence-corrected chi connectivity index (χ3v) is 3.93. The van der Waals surface area contributed by atoms with E-state index in [4.69, 9.17) is 10.4 Å². The van der Waals surface area contributed by atoms with E-state index in [0.29, 0.717) is 17.0 Å². The fraction of sp³-hybridized carbons (Fsp3) is 0. The Labute approximate surface area is 137 Å². The molecular formula is C14H9BrN6O2. The zero-order valence-corrected chi connectivity index (χ0v) is 13.1. The maximum atomic E-state index is 9.52. The smallest absolute Gasteiger partial charge is 0.199 e. The molecule has 1 aromatic carbocycles. The standard InChI is InChI=1S/C14H9BrN6O2/c15-9-5-17-6-10-12(9)21(7-1-3-8(22)4-2-7)14(18-10)11-13(16)20-23-19-11/h1-6,22H,(H2,16,20). The number of nitrogens with two attached hydrogens (primary N) is 1. The number of hydrogen-bond donors (Lipinski definition) is 2. The van der Waals surface area contributed by atoms with Gasteiger partial charge in [0.15, 0.2) is 17.3 Å². The van der Waals surface area contributed by atoms with Crippen LogP contribution in [0.1, 0.15) is 0 Å². The van der Waals surface area contributed by atoms with Crippen molar-refractivity contribution in [3.63, 3.8) is 0 Å². The summed E-state index contributed by atoms with van der Waals surface area (Å²) in [6.45, 7) is 0. The van der Waals surface area contributed by atoms with Gasteiger partial charge >= 0.3 is 0 Å². The van der Waals surface area contributed by atoms with Crippen LogP contribution in [-0.2, 0) is 0 Å². The Kier molecular flexibility index (Phi) is 3.01. The summed E-state index contributed by atoms with van der Waals surface area (Å²) in [5.41, 5.74) is 8.37. The Balaban J connectivity index is 2.10. The number of halogens is 1. The first-order chi connectivity index (χ1) is 11.1. The van der Waals surface area contributed by atoms with Gasteiger partial charge in [-0.15, -0.1) is 0 Å². The van der Waals surface area contributed by atoms with E-state index >= 15 is 0 Å². The summed E-state index contributed by atoms with van der Waals surface area (Å²) in [5, 5.41) is 17.0. The minimum Gasteiger partial charge on any atom is -0.508 e. The van der Waals surface area contributed by atoms with Crippen LogP contribution < -0.4 is 5.73 Å². The third-order valence-electron chi connectivity index (χ3n) is 3.35. The maximum Gasteiger partial charge on any atom is 0.199 e. The first-order valence-corrected chi connectivity index (χ1v) is 7.34. The molecule has 3 aromatic heterocycles. The normalized spacial score (nSPS) is 11.2. The Hall–Kier alpha value is -2.94. The van der Waals surface area contributed by atoms with Crippen LogP contribution in [0.15, 0.2) is 45.8 Å². The van der Waals surface area contributed by atoms with E-state index in [1.54, 1.807) is 36.7 Å². The molecule has 0 saturated carbocycles. The Morgan fingerprint density at radius 1 is 1.13 bits per heavy atom. The van der Waals surface area contributed by atoms with Crippen molar-refractivity contribution in [3.8, 4) is 23.0 Å².